The Morgan fingerprint density at radius 2 is 2.03 bits per heavy atom. The average Bonchev–Trinajstić information content (AvgIpc) is 2.80. The third-order valence-electron chi connectivity index (χ3n) is 5.68. The number of aromatic hydroxyl groups is 1. The lowest BCUT2D eigenvalue weighted by molar-refractivity contribution is -0.150. The number of benzene rings is 1. The molecule has 1 saturated heterocycles. The number of urea groups is 1. The van der Waals surface area contributed by atoms with Gasteiger partial charge < -0.3 is 30.0 Å². The zero-order chi connectivity index (χ0) is 24.0. The lowest BCUT2D eigenvalue weighted by atomic mass is 9.93. The summed E-state index contributed by atoms with van der Waals surface area (Å²) in [5.41, 5.74) is 1.22. The van der Waals surface area contributed by atoms with E-state index in [0.29, 0.717) is 31.0 Å². The number of carbonyl (C=O) groups excluding carboxylic acids is 3. The van der Waals surface area contributed by atoms with Crippen molar-refractivity contribution >= 4 is 18.0 Å². The van der Waals surface area contributed by atoms with Gasteiger partial charge in [0.1, 0.15) is 0 Å². The first-order valence-electron chi connectivity index (χ1n) is 11.1. The molecule has 0 bridgehead atoms. The zero-order valence-corrected chi connectivity index (χ0v) is 19.2. The molecule has 180 valence electrons. The van der Waals surface area contributed by atoms with Crippen LogP contribution in [0.3, 0.4) is 0 Å². The highest BCUT2D eigenvalue weighted by atomic mass is 16.5. The molecule has 2 amide bonds. The van der Waals surface area contributed by atoms with Gasteiger partial charge in [-0.3, -0.25) is 9.69 Å². The number of hydrogen-bond donors (Lipinski definition) is 3. The molecule has 0 spiro atoms. The van der Waals surface area contributed by atoms with E-state index in [4.69, 9.17) is 14.2 Å². The molecular weight excluding hydrogens is 430 g/mol. The van der Waals surface area contributed by atoms with Crippen LogP contribution in [0.5, 0.6) is 11.5 Å². The molecule has 2 aliphatic rings. The molecule has 10 nitrogen and oxygen atoms in total. The summed E-state index contributed by atoms with van der Waals surface area (Å²) in [4.78, 5) is 39.5. The fourth-order valence-electron chi connectivity index (χ4n) is 4.20. The second kappa shape index (κ2) is 11.0. The number of esters is 2. The van der Waals surface area contributed by atoms with E-state index in [1.165, 1.54) is 13.2 Å². The monoisotopic (exact) mass is 461 g/mol. The molecule has 0 saturated carbocycles. The minimum absolute atomic E-state index is 0.0389. The van der Waals surface area contributed by atoms with Crippen LogP contribution >= 0.6 is 0 Å². The summed E-state index contributed by atoms with van der Waals surface area (Å²) in [6, 6.07) is 3.40. The molecule has 1 aromatic rings. The number of ether oxygens (including phenoxy) is 3. The molecule has 2 heterocycles. The molecule has 2 atom stereocenters. The number of rotatable bonds is 8. The summed E-state index contributed by atoms with van der Waals surface area (Å²) in [6.07, 6.45) is 1.54. The molecule has 0 radical (unpaired) electrons. The van der Waals surface area contributed by atoms with Crippen molar-refractivity contribution in [1.82, 2.24) is 15.5 Å². The first-order chi connectivity index (χ1) is 15.9. The first kappa shape index (κ1) is 24.4. The van der Waals surface area contributed by atoms with Crippen molar-refractivity contribution in [2.45, 2.75) is 32.7 Å². The topological polar surface area (TPSA) is 126 Å². The van der Waals surface area contributed by atoms with Crippen molar-refractivity contribution in [3.05, 3.63) is 35.0 Å². The summed E-state index contributed by atoms with van der Waals surface area (Å²) < 4.78 is 15.6. The quantitative estimate of drug-likeness (QED) is 0.501. The predicted octanol–water partition coefficient (Wildman–Crippen LogP) is 1.85. The Morgan fingerprint density at radius 1 is 1.24 bits per heavy atom. The van der Waals surface area contributed by atoms with Crippen LogP contribution in [-0.4, -0.2) is 67.9 Å². The molecule has 33 heavy (non-hydrogen) atoms. The van der Waals surface area contributed by atoms with Crippen molar-refractivity contribution in [2.75, 3.05) is 40.0 Å². The van der Waals surface area contributed by atoms with Gasteiger partial charge in [-0.15, -0.1) is 0 Å². The van der Waals surface area contributed by atoms with Crippen LogP contribution in [0.2, 0.25) is 0 Å². The number of carbonyl (C=O) groups is 3. The SMILES string of the molecule is CCOC(=O)[C@H]1CCCN(CC2=C(C(=O)OC)[C@H](c3ccc(O)c(OCC)c3)NC(=O)N2)C1. The highest BCUT2D eigenvalue weighted by Gasteiger charge is 2.36. The molecule has 10 heteroatoms. The Labute approximate surface area is 192 Å². The van der Waals surface area contributed by atoms with Gasteiger partial charge in [-0.05, 0) is 50.9 Å². The Balaban J connectivity index is 1.93. The maximum absolute atomic E-state index is 12.8. The molecule has 1 aromatic carbocycles. The summed E-state index contributed by atoms with van der Waals surface area (Å²) >= 11 is 0. The molecule has 0 aliphatic carbocycles. The molecule has 3 rings (SSSR count). The van der Waals surface area contributed by atoms with E-state index in [9.17, 15) is 19.5 Å². The van der Waals surface area contributed by atoms with Gasteiger partial charge >= 0.3 is 18.0 Å². The average molecular weight is 462 g/mol. The molecule has 3 N–H and O–H groups in total. The van der Waals surface area contributed by atoms with Gasteiger partial charge in [0.05, 0.1) is 37.9 Å². The highest BCUT2D eigenvalue weighted by Crippen LogP contribution is 2.34. The number of nitrogens with one attached hydrogen (secondary N) is 2. The normalized spacial score (nSPS) is 21.1. The van der Waals surface area contributed by atoms with E-state index in [1.807, 2.05) is 4.90 Å². The van der Waals surface area contributed by atoms with Gasteiger partial charge in [0.15, 0.2) is 11.5 Å². The van der Waals surface area contributed by atoms with Crippen LogP contribution in [0.15, 0.2) is 29.5 Å². The number of piperidine rings is 1. The van der Waals surface area contributed by atoms with Crippen molar-refractivity contribution in [3.63, 3.8) is 0 Å². The van der Waals surface area contributed by atoms with Gasteiger partial charge in [0.25, 0.3) is 0 Å². The number of phenols is 1. The number of phenolic OH excluding ortho intramolecular Hbond substituents is 1. The second-order valence-electron chi connectivity index (χ2n) is 7.90. The lowest BCUT2D eigenvalue weighted by Crippen LogP contribution is -2.49. The van der Waals surface area contributed by atoms with E-state index < -0.39 is 18.0 Å². The van der Waals surface area contributed by atoms with Crippen LogP contribution in [0.1, 0.15) is 38.3 Å². The van der Waals surface area contributed by atoms with Crippen LogP contribution < -0.4 is 15.4 Å². The molecule has 2 aliphatic heterocycles. The minimum atomic E-state index is -0.799. The van der Waals surface area contributed by atoms with Crippen LogP contribution in [-0.2, 0) is 19.1 Å². The Kier molecular flexibility index (Phi) is 8.16. The number of nitrogens with zero attached hydrogens (tertiary/aromatic N) is 1. The number of methoxy groups -OCH3 is 1. The Hall–Kier alpha value is -3.27. The van der Waals surface area contributed by atoms with E-state index in [2.05, 4.69) is 10.6 Å². The van der Waals surface area contributed by atoms with E-state index in [1.54, 1.807) is 26.0 Å². The lowest BCUT2D eigenvalue weighted by Gasteiger charge is -2.35. The second-order valence-corrected chi connectivity index (χ2v) is 7.90. The van der Waals surface area contributed by atoms with Gasteiger partial charge in [-0.25, -0.2) is 9.59 Å². The third kappa shape index (κ3) is 5.75. The maximum Gasteiger partial charge on any atom is 0.338 e. The standard InChI is InChI=1S/C23H31N3O7/c1-4-32-18-11-14(8-9-17(18)27)20-19(22(29)31-3)16(24-23(30)25-20)13-26-10-6-7-15(12-26)21(28)33-5-2/h8-9,11,15,20,27H,4-7,10,12-13H2,1-3H3,(H2,24,25,30)/t15-,20-/m0/s1. The van der Waals surface area contributed by atoms with E-state index in [0.717, 1.165) is 19.4 Å². The molecular formula is C23H31N3O7. The molecule has 0 unspecified atom stereocenters. The molecule has 1 fully saturated rings. The van der Waals surface area contributed by atoms with Crippen LogP contribution in [0.4, 0.5) is 4.79 Å². The first-order valence-corrected chi connectivity index (χ1v) is 11.1. The van der Waals surface area contributed by atoms with Crippen molar-refractivity contribution in [3.8, 4) is 11.5 Å². The fourth-order valence-corrected chi connectivity index (χ4v) is 4.20. The summed E-state index contributed by atoms with van der Waals surface area (Å²) in [6.45, 7) is 5.69. The summed E-state index contributed by atoms with van der Waals surface area (Å²) in [5, 5.41) is 15.5. The third-order valence-corrected chi connectivity index (χ3v) is 5.68. The van der Waals surface area contributed by atoms with Crippen LogP contribution in [0, 0.1) is 5.92 Å². The van der Waals surface area contributed by atoms with Crippen molar-refractivity contribution in [2.24, 2.45) is 5.92 Å². The number of amides is 2. The van der Waals surface area contributed by atoms with Crippen molar-refractivity contribution < 1.29 is 33.7 Å². The summed E-state index contributed by atoms with van der Waals surface area (Å²) in [7, 11) is 1.28. The van der Waals surface area contributed by atoms with Gasteiger partial charge in [0.2, 0.25) is 0 Å². The van der Waals surface area contributed by atoms with Gasteiger partial charge in [-0.2, -0.15) is 0 Å². The minimum Gasteiger partial charge on any atom is -0.504 e. The largest absolute Gasteiger partial charge is 0.504 e. The van der Waals surface area contributed by atoms with Crippen molar-refractivity contribution in [1.29, 1.82) is 0 Å². The number of hydrogen-bond acceptors (Lipinski definition) is 8. The number of likely N-dealkylation sites (tertiary alicyclic amines) is 1. The maximum atomic E-state index is 12.8. The van der Waals surface area contributed by atoms with Gasteiger partial charge in [0, 0.05) is 18.8 Å². The predicted molar refractivity (Wildman–Crippen MR) is 119 cm³/mol. The fraction of sp³-hybridized carbons (Fsp3) is 0.522. The molecule has 0 aromatic heterocycles. The summed E-state index contributed by atoms with van der Waals surface area (Å²) in [5.74, 6) is -0.860. The van der Waals surface area contributed by atoms with E-state index >= 15 is 0 Å². The Morgan fingerprint density at radius 3 is 2.73 bits per heavy atom. The highest BCUT2D eigenvalue weighted by molar-refractivity contribution is 5.95. The smallest absolute Gasteiger partial charge is 0.338 e. The van der Waals surface area contributed by atoms with Crippen LogP contribution in [0.25, 0.3) is 0 Å². The zero-order valence-electron chi connectivity index (χ0n) is 19.2. The Bertz CT molecular complexity index is 931. The van der Waals surface area contributed by atoms with E-state index in [-0.39, 0.29) is 35.5 Å². The van der Waals surface area contributed by atoms with Gasteiger partial charge in [-0.1, -0.05) is 6.07 Å².